The third-order valence-corrected chi connectivity index (χ3v) is 5.68. The minimum atomic E-state index is -0.0765. The van der Waals surface area contributed by atoms with E-state index in [1.165, 1.54) is 11.3 Å². The van der Waals surface area contributed by atoms with E-state index in [1.807, 2.05) is 23.1 Å². The number of nitrogens with zero attached hydrogens (tertiary/aromatic N) is 3. The third kappa shape index (κ3) is 3.34. The van der Waals surface area contributed by atoms with Gasteiger partial charge in [0, 0.05) is 49.5 Å². The van der Waals surface area contributed by atoms with Crippen LogP contribution < -0.4 is 10.3 Å². The van der Waals surface area contributed by atoms with Gasteiger partial charge < -0.3 is 14.5 Å². The van der Waals surface area contributed by atoms with Crippen molar-refractivity contribution < 1.29 is 9.47 Å². The predicted octanol–water partition coefficient (Wildman–Crippen LogP) is 2.81. The summed E-state index contributed by atoms with van der Waals surface area (Å²) >= 11 is 1.46. The molecule has 8 nitrogen and oxygen atoms in total. The zero-order valence-corrected chi connectivity index (χ0v) is 16.5. The van der Waals surface area contributed by atoms with Gasteiger partial charge in [0.25, 0.3) is 5.56 Å². The molecule has 0 fully saturated rings. The van der Waals surface area contributed by atoms with E-state index in [0.717, 1.165) is 45.7 Å². The summed E-state index contributed by atoms with van der Waals surface area (Å²) < 4.78 is 12.8. The fraction of sp³-hybridized carbons (Fsp3) is 0.316. The Balaban J connectivity index is 0.000000604. The van der Waals surface area contributed by atoms with Gasteiger partial charge in [-0.05, 0) is 24.5 Å². The van der Waals surface area contributed by atoms with Crippen molar-refractivity contribution in [3.63, 3.8) is 0 Å². The summed E-state index contributed by atoms with van der Waals surface area (Å²) in [6, 6.07) is 1.88. The first-order valence-corrected chi connectivity index (χ1v) is 9.74. The lowest BCUT2D eigenvalue weighted by molar-refractivity contribution is 0.277. The SMILES string of the molecule is COC.O=c1[nH]c(Cn2cccn2)c2c3c(c(-c4cn[nH]c4)sc13)OCCC2. The molecule has 0 bridgehead atoms. The number of nitrogens with one attached hydrogen (secondary N) is 2. The van der Waals surface area contributed by atoms with Gasteiger partial charge in [-0.1, -0.05) is 0 Å². The number of ether oxygens (including phenoxy) is 2. The first-order chi connectivity index (χ1) is 13.7. The first-order valence-electron chi connectivity index (χ1n) is 8.93. The van der Waals surface area contributed by atoms with Crippen LogP contribution in [-0.2, 0) is 17.7 Å². The lowest BCUT2D eigenvalue weighted by Crippen LogP contribution is -2.14. The van der Waals surface area contributed by atoms with Crippen LogP contribution in [0.4, 0.5) is 0 Å². The van der Waals surface area contributed by atoms with E-state index >= 15 is 0 Å². The van der Waals surface area contributed by atoms with Crippen LogP contribution in [0, 0.1) is 0 Å². The number of H-pyrrole nitrogens is 2. The zero-order valence-electron chi connectivity index (χ0n) is 15.7. The Morgan fingerprint density at radius 1 is 1.39 bits per heavy atom. The second-order valence-electron chi connectivity index (χ2n) is 6.43. The lowest BCUT2D eigenvalue weighted by atomic mass is 10.0. The van der Waals surface area contributed by atoms with E-state index in [9.17, 15) is 4.79 Å². The van der Waals surface area contributed by atoms with Crippen LogP contribution in [0.1, 0.15) is 17.7 Å². The van der Waals surface area contributed by atoms with Gasteiger partial charge in [-0.2, -0.15) is 10.2 Å². The minimum absolute atomic E-state index is 0.0765. The van der Waals surface area contributed by atoms with Crippen molar-refractivity contribution in [1.82, 2.24) is 25.0 Å². The van der Waals surface area contributed by atoms with E-state index < -0.39 is 0 Å². The molecule has 0 aromatic carbocycles. The highest BCUT2D eigenvalue weighted by Gasteiger charge is 2.25. The third-order valence-electron chi connectivity index (χ3n) is 4.46. The summed E-state index contributed by atoms with van der Waals surface area (Å²) in [7, 11) is 3.25. The van der Waals surface area contributed by atoms with Crippen molar-refractivity contribution in [3.05, 3.63) is 52.5 Å². The number of thiophene rings is 1. The van der Waals surface area contributed by atoms with Crippen molar-refractivity contribution in [2.45, 2.75) is 19.4 Å². The van der Waals surface area contributed by atoms with Gasteiger partial charge in [0.2, 0.25) is 0 Å². The zero-order chi connectivity index (χ0) is 19.5. The van der Waals surface area contributed by atoms with E-state index in [2.05, 4.69) is 25.0 Å². The number of aromatic nitrogens is 5. The Labute approximate surface area is 165 Å². The molecule has 0 aliphatic carbocycles. The number of pyridine rings is 1. The average Bonchev–Trinajstić information content (AvgIpc) is 3.40. The van der Waals surface area contributed by atoms with Gasteiger partial charge >= 0.3 is 0 Å². The molecule has 2 N–H and O–H groups in total. The molecule has 0 unspecified atom stereocenters. The van der Waals surface area contributed by atoms with Crippen molar-refractivity contribution in [2.75, 3.05) is 20.8 Å². The molecule has 5 rings (SSSR count). The van der Waals surface area contributed by atoms with Crippen LogP contribution in [0.25, 0.3) is 20.5 Å². The van der Waals surface area contributed by atoms with Crippen molar-refractivity contribution in [2.24, 2.45) is 0 Å². The Morgan fingerprint density at radius 2 is 2.25 bits per heavy atom. The lowest BCUT2D eigenvalue weighted by Gasteiger charge is -2.09. The number of methoxy groups -OCH3 is 1. The summed E-state index contributed by atoms with van der Waals surface area (Å²) in [5.74, 6) is 0.807. The molecule has 28 heavy (non-hydrogen) atoms. The molecule has 0 atom stereocenters. The van der Waals surface area contributed by atoms with Gasteiger partial charge in [-0.15, -0.1) is 11.3 Å². The molecule has 0 amide bonds. The van der Waals surface area contributed by atoms with Gasteiger partial charge in [-0.25, -0.2) is 0 Å². The molecule has 0 saturated heterocycles. The second-order valence-corrected chi connectivity index (χ2v) is 7.45. The van der Waals surface area contributed by atoms with E-state index in [-0.39, 0.29) is 5.56 Å². The molecule has 0 radical (unpaired) electrons. The van der Waals surface area contributed by atoms with Gasteiger partial charge in [0.1, 0.15) is 10.4 Å². The Hall–Kier alpha value is -2.91. The quantitative estimate of drug-likeness (QED) is 0.552. The maximum Gasteiger partial charge on any atom is 0.266 e. The van der Waals surface area contributed by atoms with Crippen LogP contribution >= 0.6 is 11.3 Å². The summed E-state index contributed by atoms with van der Waals surface area (Å²) in [6.45, 7) is 1.19. The summed E-state index contributed by atoms with van der Waals surface area (Å²) in [5.41, 5.74) is 2.93. The number of aromatic amines is 2. The maximum absolute atomic E-state index is 12.7. The van der Waals surface area contributed by atoms with Crippen LogP contribution in [0.3, 0.4) is 0 Å². The van der Waals surface area contributed by atoms with Crippen molar-refractivity contribution in [3.8, 4) is 16.2 Å². The Bertz CT molecular complexity index is 1110. The number of rotatable bonds is 3. The fourth-order valence-electron chi connectivity index (χ4n) is 3.36. The summed E-state index contributed by atoms with van der Waals surface area (Å²) in [6.07, 6.45) is 9.01. The fourth-order valence-corrected chi connectivity index (χ4v) is 4.51. The average molecular weight is 399 g/mol. The molecule has 4 aromatic rings. The highest BCUT2D eigenvalue weighted by atomic mass is 32.1. The van der Waals surface area contributed by atoms with E-state index in [0.29, 0.717) is 17.9 Å². The van der Waals surface area contributed by atoms with E-state index in [4.69, 9.17) is 4.74 Å². The topological polar surface area (TPSA) is 97.8 Å². The standard InChI is InChI=1S/C17H15N5O2S.C2H6O/c23-17-16-13-11(12(21-17)9-22-5-2-4-20-22)3-1-6-24-14(13)15(25-16)10-7-18-19-8-10;1-3-2/h2,4-5,7-8H,1,3,6,9H2,(H,18,19)(H,21,23);1-2H3. The molecule has 1 aliphatic rings. The summed E-state index contributed by atoms with van der Waals surface area (Å²) in [4.78, 5) is 16.7. The highest BCUT2D eigenvalue weighted by Crippen LogP contribution is 2.46. The molecule has 0 spiro atoms. The monoisotopic (exact) mass is 399 g/mol. The number of aryl methyl sites for hydroxylation is 1. The van der Waals surface area contributed by atoms with Gasteiger partial charge in [0.15, 0.2) is 0 Å². The molecular weight excluding hydrogens is 378 g/mol. The summed E-state index contributed by atoms with van der Waals surface area (Å²) in [5, 5.41) is 12.1. The van der Waals surface area contributed by atoms with Crippen LogP contribution in [-0.4, -0.2) is 45.8 Å². The normalized spacial score (nSPS) is 12.9. The van der Waals surface area contributed by atoms with Gasteiger partial charge in [0.05, 0.1) is 24.2 Å². The van der Waals surface area contributed by atoms with Crippen LogP contribution in [0.2, 0.25) is 0 Å². The molecule has 4 aromatic heterocycles. The largest absolute Gasteiger partial charge is 0.491 e. The van der Waals surface area contributed by atoms with E-state index in [1.54, 1.807) is 26.6 Å². The first kappa shape index (κ1) is 18.5. The Morgan fingerprint density at radius 3 is 2.96 bits per heavy atom. The number of hydrogen-bond acceptors (Lipinski definition) is 6. The minimum Gasteiger partial charge on any atom is -0.491 e. The van der Waals surface area contributed by atoms with Crippen molar-refractivity contribution in [1.29, 1.82) is 0 Å². The van der Waals surface area contributed by atoms with Crippen LogP contribution in [0.15, 0.2) is 35.6 Å². The van der Waals surface area contributed by atoms with Crippen LogP contribution in [0.5, 0.6) is 5.75 Å². The molecular formula is C19H21N5O3S. The second kappa shape index (κ2) is 7.99. The van der Waals surface area contributed by atoms with Gasteiger partial charge in [-0.3, -0.25) is 14.6 Å². The molecule has 0 saturated carbocycles. The predicted molar refractivity (Wildman–Crippen MR) is 108 cm³/mol. The molecule has 1 aliphatic heterocycles. The molecule has 9 heteroatoms. The maximum atomic E-state index is 12.7. The Kier molecular flexibility index (Phi) is 5.27. The van der Waals surface area contributed by atoms with Crippen molar-refractivity contribution >= 4 is 21.4 Å². The highest BCUT2D eigenvalue weighted by molar-refractivity contribution is 7.22. The molecule has 146 valence electrons. The molecule has 5 heterocycles. The number of hydrogen-bond donors (Lipinski definition) is 2. The smallest absolute Gasteiger partial charge is 0.266 e.